The van der Waals surface area contributed by atoms with Crippen LogP contribution in [0, 0.1) is 17.8 Å². The Morgan fingerprint density at radius 2 is 1.80 bits per heavy atom. The van der Waals surface area contributed by atoms with E-state index in [1.54, 1.807) is 36.9 Å². The number of aliphatic imine (C=N–C) groups is 1. The third kappa shape index (κ3) is 9.88. The molecule has 11 heteroatoms. The van der Waals surface area contributed by atoms with Gasteiger partial charge in [0.2, 0.25) is 11.8 Å². The van der Waals surface area contributed by atoms with Gasteiger partial charge in [0.05, 0.1) is 17.1 Å². The van der Waals surface area contributed by atoms with Gasteiger partial charge in [0.1, 0.15) is 18.3 Å². The van der Waals surface area contributed by atoms with Gasteiger partial charge in [-0.2, -0.15) is 0 Å². The quantitative estimate of drug-likeness (QED) is 0.265. The van der Waals surface area contributed by atoms with Gasteiger partial charge < -0.3 is 29.7 Å². The fraction of sp³-hybridized carbons (Fsp3) is 0.647. The Labute approximate surface area is 273 Å². The van der Waals surface area contributed by atoms with Gasteiger partial charge in [-0.25, -0.2) is 0 Å². The molecule has 2 aliphatic rings. The van der Waals surface area contributed by atoms with Crippen LogP contribution in [0.5, 0.6) is 0 Å². The summed E-state index contributed by atoms with van der Waals surface area (Å²) in [4.78, 5) is 46.0. The Morgan fingerprint density at radius 3 is 2.38 bits per heavy atom. The zero-order valence-electron chi connectivity index (χ0n) is 28.0. The van der Waals surface area contributed by atoms with Crippen molar-refractivity contribution in [1.82, 2.24) is 15.5 Å². The Morgan fingerprint density at radius 1 is 1.11 bits per heavy atom. The number of hydrogen-bond acceptors (Lipinski definition) is 8. The van der Waals surface area contributed by atoms with E-state index in [1.165, 1.54) is 13.2 Å². The molecule has 1 fully saturated rings. The van der Waals surface area contributed by atoms with Crippen LogP contribution in [0.3, 0.4) is 0 Å². The molecular weight excluding hydrogens is 592 g/mol. The summed E-state index contributed by atoms with van der Waals surface area (Å²) in [5, 5.41) is 6.94. The van der Waals surface area contributed by atoms with Crippen LogP contribution in [-0.2, 0) is 35.0 Å². The van der Waals surface area contributed by atoms with Gasteiger partial charge in [0.25, 0.3) is 5.91 Å². The van der Waals surface area contributed by atoms with Crippen LogP contribution in [0.1, 0.15) is 46.6 Å². The maximum atomic E-state index is 13.6. The number of likely N-dealkylation sites (N-methyl/N-ethyl adjacent to an activating group) is 1. The van der Waals surface area contributed by atoms with Crippen molar-refractivity contribution in [1.29, 1.82) is 0 Å². The summed E-state index contributed by atoms with van der Waals surface area (Å²) in [6.45, 7) is 11.0. The average Bonchev–Trinajstić information content (AvgIpc) is 3.71. The predicted molar refractivity (Wildman–Crippen MR) is 179 cm³/mol. The third-order valence-corrected chi connectivity index (χ3v) is 10.0. The lowest BCUT2D eigenvalue weighted by molar-refractivity contribution is -0.138. The maximum absolute atomic E-state index is 13.6. The number of rotatable bonds is 16. The highest BCUT2D eigenvalue weighted by Gasteiger charge is 2.49. The second kappa shape index (κ2) is 17.8. The van der Waals surface area contributed by atoms with E-state index in [-0.39, 0.29) is 54.1 Å². The van der Waals surface area contributed by atoms with Crippen LogP contribution < -0.4 is 10.6 Å². The number of carbonyl (C=O) groups excluding carboxylic acids is 3. The van der Waals surface area contributed by atoms with Gasteiger partial charge in [-0.15, -0.1) is 11.8 Å². The lowest BCUT2D eigenvalue weighted by Crippen LogP contribution is -2.50. The highest BCUT2D eigenvalue weighted by atomic mass is 32.2. The second-order valence-electron chi connectivity index (χ2n) is 12.3. The predicted octanol–water partition coefficient (Wildman–Crippen LogP) is 3.49. The number of carbonyl (C=O) groups is 3. The van der Waals surface area contributed by atoms with Crippen molar-refractivity contribution >= 4 is 34.5 Å². The molecule has 0 aromatic heterocycles. The number of amides is 3. The topological polar surface area (TPSA) is 119 Å². The molecule has 8 atom stereocenters. The molecule has 0 aliphatic carbocycles. The Kier molecular flexibility index (Phi) is 14.6. The van der Waals surface area contributed by atoms with Gasteiger partial charge in [-0.1, -0.05) is 77.4 Å². The van der Waals surface area contributed by atoms with Crippen molar-refractivity contribution in [3.8, 4) is 0 Å². The highest BCUT2D eigenvalue weighted by Crippen LogP contribution is 2.27. The van der Waals surface area contributed by atoms with E-state index in [1.807, 2.05) is 51.1 Å². The first-order valence-corrected chi connectivity index (χ1v) is 17.0. The smallest absolute Gasteiger partial charge is 0.252 e. The van der Waals surface area contributed by atoms with E-state index in [2.05, 4.69) is 29.5 Å². The molecule has 1 unspecified atom stereocenters. The van der Waals surface area contributed by atoms with Crippen molar-refractivity contribution in [3.63, 3.8) is 0 Å². The normalized spacial score (nSPS) is 24.2. The van der Waals surface area contributed by atoms with Crippen molar-refractivity contribution in [2.45, 2.75) is 84.0 Å². The number of benzene rings is 1. The maximum Gasteiger partial charge on any atom is 0.252 e. The zero-order chi connectivity index (χ0) is 33.1. The number of nitrogens with one attached hydrogen (secondary N) is 2. The number of ether oxygens (including phenoxy) is 3. The largest absolute Gasteiger partial charge is 0.376 e. The van der Waals surface area contributed by atoms with Gasteiger partial charge in [-0.05, 0) is 23.8 Å². The minimum atomic E-state index is -0.930. The van der Waals surface area contributed by atoms with Gasteiger partial charge >= 0.3 is 0 Å². The summed E-state index contributed by atoms with van der Waals surface area (Å²) in [6, 6.07) is 9.48. The first-order chi connectivity index (χ1) is 21.5. The Hall–Kier alpha value is -2.73. The lowest BCUT2D eigenvalue weighted by Gasteiger charge is -2.33. The molecule has 0 spiro atoms. The van der Waals surface area contributed by atoms with E-state index in [0.717, 1.165) is 29.3 Å². The molecule has 1 saturated heterocycles. The lowest BCUT2D eigenvalue weighted by atomic mass is 9.93. The van der Waals surface area contributed by atoms with E-state index in [4.69, 9.17) is 14.2 Å². The molecule has 1 aromatic carbocycles. The molecule has 0 bridgehead atoms. The fourth-order valence-electron chi connectivity index (χ4n) is 5.65. The molecule has 0 radical (unpaired) electrons. The molecule has 2 N–H and O–H groups in total. The van der Waals surface area contributed by atoms with Crippen molar-refractivity contribution < 1.29 is 28.6 Å². The molecular formula is C34H52N4O6S. The van der Waals surface area contributed by atoms with Gasteiger partial charge in [-0.3, -0.25) is 19.4 Å². The van der Waals surface area contributed by atoms with Crippen LogP contribution in [-0.4, -0.2) is 104 Å². The van der Waals surface area contributed by atoms with Crippen LogP contribution in [0.4, 0.5) is 0 Å². The van der Waals surface area contributed by atoms with E-state index in [9.17, 15) is 14.4 Å². The molecule has 2 heterocycles. The molecule has 1 aromatic rings. The van der Waals surface area contributed by atoms with Crippen molar-refractivity contribution in [2.24, 2.45) is 22.7 Å². The molecule has 10 nitrogen and oxygen atoms in total. The molecule has 3 rings (SSSR count). The van der Waals surface area contributed by atoms with Gasteiger partial charge in [0.15, 0.2) is 6.10 Å². The Bertz CT molecular complexity index is 1180. The van der Waals surface area contributed by atoms with Crippen LogP contribution in [0.15, 0.2) is 47.5 Å². The van der Waals surface area contributed by atoms with Crippen LogP contribution in [0.2, 0.25) is 0 Å². The van der Waals surface area contributed by atoms with E-state index in [0.29, 0.717) is 6.42 Å². The summed E-state index contributed by atoms with van der Waals surface area (Å²) < 4.78 is 17.6. The molecule has 3 amide bonds. The average molecular weight is 645 g/mol. The standard InChI is InChI=1S/C34H52N4O6S/c1-9-22(4)26(38(6)34(41)23(5)21(2)3)15-16-28(39)36-20-27-29(42-7)30(43-8)31(44-27)32(40)37-25(33-35-17-18-45-33)19-24-13-11-10-12-14-24/h10-16,21-23,25-27,29-31H,9,17-20H2,1-8H3,(H,36,39)(H,37,40)/b16-15+/t22-,23-,25-,26?,27+,29+,30-,31+/m0/s1. The van der Waals surface area contributed by atoms with E-state index < -0.39 is 24.4 Å². The third-order valence-electron chi connectivity index (χ3n) is 8.95. The second-order valence-corrected chi connectivity index (χ2v) is 13.4. The summed E-state index contributed by atoms with van der Waals surface area (Å²) in [6.07, 6.45) is 1.95. The zero-order valence-corrected chi connectivity index (χ0v) is 28.8. The monoisotopic (exact) mass is 644 g/mol. The molecule has 0 saturated carbocycles. The van der Waals surface area contributed by atoms with Crippen LogP contribution in [0.25, 0.3) is 0 Å². The Balaban J connectivity index is 1.66. The first-order valence-electron chi connectivity index (χ1n) is 16.0. The minimum Gasteiger partial charge on any atom is -0.376 e. The summed E-state index contributed by atoms with van der Waals surface area (Å²) in [5.74, 6) is 0.583. The van der Waals surface area contributed by atoms with Crippen molar-refractivity contribution in [3.05, 3.63) is 48.0 Å². The number of thioether (sulfide) groups is 1. The molecule has 2 aliphatic heterocycles. The molecule has 45 heavy (non-hydrogen) atoms. The number of nitrogens with zero attached hydrogens (tertiary/aromatic N) is 2. The highest BCUT2D eigenvalue weighted by molar-refractivity contribution is 8.14. The first kappa shape index (κ1) is 36.7. The SMILES string of the molecule is CC[C@H](C)C(/C=C/C(=O)NC[C@H]1O[C@@H](C(=O)N[C@@H](Cc2ccccc2)C2=NCCS2)[C@@H](OC)[C@@H]1OC)N(C)C(=O)[C@@H](C)C(C)C. The van der Waals surface area contributed by atoms with Crippen LogP contribution >= 0.6 is 11.8 Å². The number of methoxy groups -OCH3 is 2. The summed E-state index contributed by atoms with van der Waals surface area (Å²) in [5.41, 5.74) is 1.10. The fourth-order valence-corrected chi connectivity index (χ4v) is 6.57. The van der Waals surface area contributed by atoms with Crippen molar-refractivity contribution in [2.75, 3.05) is 40.1 Å². The summed E-state index contributed by atoms with van der Waals surface area (Å²) >= 11 is 1.66. The molecule has 250 valence electrons. The minimum absolute atomic E-state index is 0.0576. The van der Waals surface area contributed by atoms with Gasteiger partial charge in [0, 0.05) is 52.1 Å². The summed E-state index contributed by atoms with van der Waals surface area (Å²) in [7, 11) is 4.86. The number of hydrogen-bond donors (Lipinski definition) is 2. The van der Waals surface area contributed by atoms with E-state index >= 15 is 0 Å².